The van der Waals surface area contributed by atoms with Gasteiger partial charge in [0.1, 0.15) is 0 Å². The number of amides is 2. The minimum atomic E-state index is -0.372. The van der Waals surface area contributed by atoms with Crippen molar-refractivity contribution in [2.75, 3.05) is 6.54 Å². The van der Waals surface area contributed by atoms with Gasteiger partial charge in [-0.1, -0.05) is 6.07 Å². The summed E-state index contributed by atoms with van der Waals surface area (Å²) in [7, 11) is 0. The number of hydrogen-bond donors (Lipinski definition) is 2. The fourth-order valence-electron chi connectivity index (χ4n) is 1.68. The number of halogens is 1. The van der Waals surface area contributed by atoms with Crippen molar-refractivity contribution in [3.63, 3.8) is 0 Å². The fraction of sp³-hybridized carbons (Fsp3) is 0.533. The molecular weight excluding hydrogens is 259 g/mol. The van der Waals surface area contributed by atoms with Gasteiger partial charge in [0.25, 0.3) is 0 Å². The molecule has 20 heavy (non-hydrogen) atoms. The lowest BCUT2D eigenvalue weighted by Crippen LogP contribution is -2.40. The van der Waals surface area contributed by atoms with Gasteiger partial charge in [0.05, 0.1) is 6.10 Å². The van der Waals surface area contributed by atoms with Crippen LogP contribution in [0.2, 0.25) is 0 Å². The molecule has 0 heterocycles. The third kappa shape index (κ3) is 5.91. The Kier molecular flexibility index (Phi) is 6.28. The Bertz CT molecular complexity index is 447. The number of hydrogen-bond acceptors (Lipinski definition) is 2. The van der Waals surface area contributed by atoms with Gasteiger partial charge in [-0.3, -0.25) is 0 Å². The Hall–Kier alpha value is -1.78. The maximum absolute atomic E-state index is 13.7. The van der Waals surface area contributed by atoms with Crippen molar-refractivity contribution in [2.24, 2.45) is 0 Å². The topological polar surface area (TPSA) is 50.4 Å². The molecule has 2 N–H and O–H groups in total. The molecule has 5 heteroatoms. The zero-order chi connectivity index (χ0) is 15.1. The number of urea groups is 1. The minimum Gasteiger partial charge on any atom is -0.488 e. The number of carbonyl (C=O) groups is 1. The van der Waals surface area contributed by atoms with E-state index in [4.69, 9.17) is 4.74 Å². The maximum atomic E-state index is 13.7. The molecule has 1 rings (SSSR count). The van der Waals surface area contributed by atoms with Gasteiger partial charge in [-0.15, -0.1) is 0 Å². The Morgan fingerprint density at radius 2 is 2.00 bits per heavy atom. The Labute approximate surface area is 119 Å². The predicted molar refractivity (Wildman–Crippen MR) is 77.5 cm³/mol. The molecule has 0 saturated heterocycles. The van der Waals surface area contributed by atoms with Gasteiger partial charge >= 0.3 is 6.03 Å². The molecule has 112 valence electrons. The summed E-state index contributed by atoms with van der Waals surface area (Å²) in [6.07, 6.45) is 0.515. The zero-order valence-electron chi connectivity index (χ0n) is 12.5. The molecule has 0 atom stereocenters. The third-order valence-electron chi connectivity index (χ3n) is 2.48. The van der Waals surface area contributed by atoms with Crippen molar-refractivity contribution in [3.8, 4) is 5.75 Å². The lowest BCUT2D eigenvalue weighted by Gasteiger charge is -2.12. The highest BCUT2D eigenvalue weighted by Crippen LogP contribution is 2.19. The Morgan fingerprint density at radius 1 is 1.30 bits per heavy atom. The van der Waals surface area contributed by atoms with Crippen molar-refractivity contribution in [1.82, 2.24) is 10.6 Å². The second kappa shape index (κ2) is 7.72. The molecule has 0 radical (unpaired) electrons. The largest absolute Gasteiger partial charge is 0.488 e. The molecule has 1 aromatic carbocycles. The van der Waals surface area contributed by atoms with Gasteiger partial charge in [0, 0.05) is 12.6 Å². The van der Waals surface area contributed by atoms with Gasteiger partial charge in [0.2, 0.25) is 0 Å². The molecule has 0 aliphatic rings. The monoisotopic (exact) mass is 282 g/mol. The quantitative estimate of drug-likeness (QED) is 0.843. The summed E-state index contributed by atoms with van der Waals surface area (Å²) in [4.78, 5) is 11.4. The average molecular weight is 282 g/mol. The first kappa shape index (κ1) is 16.3. The number of carbonyl (C=O) groups excluding carboxylic acids is 1. The van der Waals surface area contributed by atoms with E-state index in [1.807, 2.05) is 33.8 Å². The van der Waals surface area contributed by atoms with Crippen LogP contribution in [0, 0.1) is 5.82 Å². The minimum absolute atomic E-state index is 0.0586. The molecular formula is C15H23FN2O2. The van der Waals surface area contributed by atoms with Crippen LogP contribution in [0.1, 0.15) is 33.3 Å². The Balaban J connectivity index is 2.45. The lowest BCUT2D eigenvalue weighted by molar-refractivity contribution is 0.231. The second-order valence-corrected chi connectivity index (χ2v) is 5.24. The second-order valence-electron chi connectivity index (χ2n) is 5.24. The molecule has 0 unspecified atom stereocenters. The molecule has 0 spiro atoms. The molecule has 0 aliphatic heterocycles. The number of benzene rings is 1. The van der Waals surface area contributed by atoms with Crippen LogP contribution in [0.25, 0.3) is 0 Å². The smallest absolute Gasteiger partial charge is 0.314 e. The van der Waals surface area contributed by atoms with Crippen LogP contribution < -0.4 is 15.4 Å². The highest BCUT2D eigenvalue weighted by Gasteiger charge is 2.07. The van der Waals surface area contributed by atoms with Crippen molar-refractivity contribution in [1.29, 1.82) is 0 Å². The maximum Gasteiger partial charge on any atom is 0.314 e. The van der Waals surface area contributed by atoms with Gasteiger partial charge in [-0.2, -0.15) is 0 Å². The summed E-state index contributed by atoms with van der Waals surface area (Å²) >= 11 is 0. The van der Waals surface area contributed by atoms with Crippen LogP contribution in [0.4, 0.5) is 9.18 Å². The molecule has 0 saturated carbocycles. The average Bonchev–Trinajstić information content (AvgIpc) is 2.31. The van der Waals surface area contributed by atoms with Gasteiger partial charge in [-0.05, 0) is 51.8 Å². The van der Waals surface area contributed by atoms with Crippen LogP contribution in [0.3, 0.4) is 0 Å². The molecule has 2 amide bonds. The van der Waals surface area contributed by atoms with Crippen LogP contribution in [-0.4, -0.2) is 24.7 Å². The summed E-state index contributed by atoms with van der Waals surface area (Å²) in [5.74, 6) is -0.114. The molecule has 0 aromatic heterocycles. The first-order valence-electron chi connectivity index (χ1n) is 6.88. The lowest BCUT2D eigenvalue weighted by atomic mass is 10.1. The molecule has 4 nitrogen and oxygen atoms in total. The summed E-state index contributed by atoms with van der Waals surface area (Å²) in [6, 6.07) is 4.77. The van der Waals surface area contributed by atoms with Crippen LogP contribution in [0.15, 0.2) is 18.2 Å². The van der Waals surface area contributed by atoms with E-state index < -0.39 is 0 Å². The SMILES string of the molecule is CC(C)NC(=O)NCCc1ccc(OC(C)C)c(F)c1. The van der Waals surface area contributed by atoms with Gasteiger partial charge in [-0.25, -0.2) is 9.18 Å². The van der Waals surface area contributed by atoms with Crippen LogP contribution in [0.5, 0.6) is 5.75 Å². The van der Waals surface area contributed by atoms with Crippen LogP contribution >= 0.6 is 0 Å². The van der Waals surface area contributed by atoms with Crippen molar-refractivity contribution in [2.45, 2.75) is 46.3 Å². The molecule has 1 aromatic rings. The standard InChI is InChI=1S/C15H23FN2O2/c1-10(2)18-15(19)17-8-7-12-5-6-14(13(16)9-12)20-11(3)4/h5-6,9-11H,7-8H2,1-4H3,(H2,17,18,19). The summed E-state index contributed by atoms with van der Waals surface area (Å²) < 4.78 is 19.1. The van der Waals surface area contributed by atoms with E-state index in [-0.39, 0.29) is 29.7 Å². The molecule has 0 aliphatic carbocycles. The van der Waals surface area contributed by atoms with E-state index in [2.05, 4.69) is 10.6 Å². The Morgan fingerprint density at radius 3 is 2.55 bits per heavy atom. The highest BCUT2D eigenvalue weighted by molar-refractivity contribution is 5.74. The summed E-state index contributed by atoms with van der Waals surface area (Å²) in [5, 5.41) is 5.45. The summed E-state index contributed by atoms with van der Waals surface area (Å²) in [5.41, 5.74) is 0.823. The number of rotatable bonds is 6. The highest BCUT2D eigenvalue weighted by atomic mass is 19.1. The van der Waals surface area contributed by atoms with Gasteiger partial charge in [0.15, 0.2) is 11.6 Å². The van der Waals surface area contributed by atoms with Crippen LogP contribution in [-0.2, 0) is 6.42 Å². The predicted octanol–water partition coefficient (Wildman–Crippen LogP) is 2.86. The van der Waals surface area contributed by atoms with E-state index >= 15 is 0 Å². The first-order valence-corrected chi connectivity index (χ1v) is 6.88. The van der Waals surface area contributed by atoms with Gasteiger partial charge < -0.3 is 15.4 Å². The third-order valence-corrected chi connectivity index (χ3v) is 2.48. The van der Waals surface area contributed by atoms with E-state index in [0.29, 0.717) is 13.0 Å². The zero-order valence-corrected chi connectivity index (χ0v) is 12.5. The number of nitrogens with one attached hydrogen (secondary N) is 2. The van der Waals surface area contributed by atoms with E-state index in [0.717, 1.165) is 5.56 Å². The first-order chi connectivity index (χ1) is 9.38. The van der Waals surface area contributed by atoms with E-state index in [9.17, 15) is 9.18 Å². The number of ether oxygens (including phenoxy) is 1. The van der Waals surface area contributed by atoms with Crippen molar-refractivity contribution < 1.29 is 13.9 Å². The van der Waals surface area contributed by atoms with E-state index in [1.165, 1.54) is 6.07 Å². The fourth-order valence-corrected chi connectivity index (χ4v) is 1.68. The molecule has 0 bridgehead atoms. The normalized spacial score (nSPS) is 10.8. The van der Waals surface area contributed by atoms with Crippen molar-refractivity contribution >= 4 is 6.03 Å². The van der Waals surface area contributed by atoms with E-state index in [1.54, 1.807) is 6.07 Å². The van der Waals surface area contributed by atoms with Crippen molar-refractivity contribution in [3.05, 3.63) is 29.6 Å². The summed E-state index contributed by atoms with van der Waals surface area (Å²) in [6.45, 7) is 7.95. The molecule has 0 fully saturated rings.